The highest BCUT2D eigenvalue weighted by atomic mass is 14.9. The zero-order valence-corrected chi connectivity index (χ0v) is 11.5. The topological polar surface area (TPSA) is 37.8 Å². The molecule has 1 atom stereocenters. The van der Waals surface area contributed by atoms with Gasteiger partial charge < -0.3 is 5.32 Å². The van der Waals surface area contributed by atoms with Crippen molar-refractivity contribution >= 4 is 11.0 Å². The Morgan fingerprint density at radius 2 is 1.70 bits per heavy atom. The number of nitrogens with one attached hydrogen (secondary N) is 1. The van der Waals surface area contributed by atoms with E-state index < -0.39 is 0 Å². The molecule has 1 heterocycles. The number of hydrogen-bond acceptors (Lipinski definition) is 3. The van der Waals surface area contributed by atoms with Crippen LogP contribution in [0.4, 0.5) is 0 Å². The van der Waals surface area contributed by atoms with Crippen molar-refractivity contribution < 1.29 is 0 Å². The third-order valence-corrected chi connectivity index (χ3v) is 3.45. The summed E-state index contributed by atoms with van der Waals surface area (Å²) in [6.07, 6.45) is 3.45. The van der Waals surface area contributed by atoms with E-state index in [9.17, 15) is 0 Å². The number of fused-ring (bicyclic) bond motifs is 1. The third-order valence-electron chi connectivity index (χ3n) is 3.45. The monoisotopic (exact) mass is 263 g/mol. The highest BCUT2D eigenvalue weighted by molar-refractivity contribution is 5.74. The molecular weight excluding hydrogens is 246 g/mol. The number of rotatable bonds is 4. The summed E-state index contributed by atoms with van der Waals surface area (Å²) in [5, 5.41) is 3.53. The summed E-state index contributed by atoms with van der Waals surface area (Å²) in [6, 6.07) is 17.0. The second-order valence-corrected chi connectivity index (χ2v) is 4.89. The molecule has 1 N–H and O–H groups in total. The fraction of sp³-hybridized carbons (Fsp3) is 0.176. The van der Waals surface area contributed by atoms with E-state index in [0.29, 0.717) is 6.04 Å². The van der Waals surface area contributed by atoms with Crippen molar-refractivity contribution in [2.75, 3.05) is 0 Å². The molecule has 0 amide bonds. The Hall–Kier alpha value is -2.26. The maximum Gasteiger partial charge on any atom is 0.0890 e. The Morgan fingerprint density at radius 1 is 0.950 bits per heavy atom. The van der Waals surface area contributed by atoms with Crippen LogP contribution in [0.2, 0.25) is 0 Å². The summed E-state index contributed by atoms with van der Waals surface area (Å²) >= 11 is 0. The van der Waals surface area contributed by atoms with Crippen LogP contribution in [0.25, 0.3) is 11.0 Å². The standard InChI is InChI=1S/C17H17N3/c1-13(15-5-3-2-4-6-15)20-12-14-7-8-16-17(11-14)19-10-9-18-16/h2-11,13,20H,12H2,1H3/t13-/m1/s1. The first-order valence-electron chi connectivity index (χ1n) is 6.81. The van der Waals surface area contributed by atoms with Gasteiger partial charge in [0.2, 0.25) is 0 Å². The first kappa shape index (κ1) is 12.8. The molecule has 3 aromatic rings. The number of hydrogen-bond donors (Lipinski definition) is 1. The minimum atomic E-state index is 0.328. The van der Waals surface area contributed by atoms with E-state index in [1.807, 2.05) is 12.1 Å². The lowest BCUT2D eigenvalue weighted by Gasteiger charge is -2.14. The van der Waals surface area contributed by atoms with E-state index in [1.54, 1.807) is 12.4 Å². The minimum absolute atomic E-state index is 0.328. The van der Waals surface area contributed by atoms with E-state index in [1.165, 1.54) is 11.1 Å². The SMILES string of the molecule is C[C@@H](NCc1ccc2nccnc2c1)c1ccccc1. The average molecular weight is 263 g/mol. The Labute approximate surface area is 118 Å². The molecule has 3 heteroatoms. The molecule has 0 unspecified atom stereocenters. The average Bonchev–Trinajstić information content (AvgIpc) is 2.53. The molecule has 100 valence electrons. The number of nitrogens with zero attached hydrogens (tertiary/aromatic N) is 2. The van der Waals surface area contributed by atoms with Gasteiger partial charge in [0, 0.05) is 25.0 Å². The lowest BCUT2D eigenvalue weighted by atomic mass is 10.1. The molecule has 0 aliphatic rings. The van der Waals surface area contributed by atoms with E-state index in [2.05, 4.69) is 58.6 Å². The second-order valence-electron chi connectivity index (χ2n) is 4.89. The van der Waals surface area contributed by atoms with Crippen LogP contribution in [-0.2, 0) is 6.54 Å². The van der Waals surface area contributed by atoms with Crippen molar-refractivity contribution in [2.45, 2.75) is 19.5 Å². The summed E-state index contributed by atoms with van der Waals surface area (Å²) in [6.45, 7) is 3.00. The Morgan fingerprint density at radius 3 is 2.50 bits per heavy atom. The van der Waals surface area contributed by atoms with Gasteiger partial charge in [-0.05, 0) is 30.2 Å². The van der Waals surface area contributed by atoms with Crippen LogP contribution < -0.4 is 5.32 Å². The van der Waals surface area contributed by atoms with Gasteiger partial charge in [-0.25, -0.2) is 0 Å². The zero-order valence-electron chi connectivity index (χ0n) is 11.5. The molecule has 0 spiro atoms. The molecule has 0 radical (unpaired) electrons. The predicted molar refractivity (Wildman–Crippen MR) is 81.2 cm³/mol. The third kappa shape index (κ3) is 2.83. The minimum Gasteiger partial charge on any atom is -0.306 e. The van der Waals surface area contributed by atoms with Crippen molar-refractivity contribution in [3.63, 3.8) is 0 Å². The van der Waals surface area contributed by atoms with Crippen LogP contribution in [0.3, 0.4) is 0 Å². The molecule has 0 fully saturated rings. The van der Waals surface area contributed by atoms with Crippen molar-refractivity contribution in [1.29, 1.82) is 0 Å². The first-order chi connectivity index (χ1) is 9.83. The summed E-state index contributed by atoms with van der Waals surface area (Å²) in [5.74, 6) is 0. The van der Waals surface area contributed by atoms with Gasteiger partial charge >= 0.3 is 0 Å². The van der Waals surface area contributed by atoms with Gasteiger partial charge in [-0.3, -0.25) is 9.97 Å². The van der Waals surface area contributed by atoms with Gasteiger partial charge in [-0.1, -0.05) is 36.4 Å². The number of aromatic nitrogens is 2. The van der Waals surface area contributed by atoms with Gasteiger partial charge in [0.25, 0.3) is 0 Å². The quantitative estimate of drug-likeness (QED) is 0.783. The summed E-state index contributed by atoms with van der Waals surface area (Å²) in [4.78, 5) is 8.62. The van der Waals surface area contributed by atoms with Crippen molar-refractivity contribution in [3.05, 3.63) is 72.1 Å². The molecule has 0 bridgehead atoms. The van der Waals surface area contributed by atoms with Crippen LogP contribution >= 0.6 is 0 Å². The molecule has 3 rings (SSSR count). The normalized spacial score (nSPS) is 12.4. The van der Waals surface area contributed by atoms with Crippen LogP contribution in [-0.4, -0.2) is 9.97 Å². The predicted octanol–water partition coefficient (Wildman–Crippen LogP) is 3.48. The van der Waals surface area contributed by atoms with Crippen molar-refractivity contribution in [2.24, 2.45) is 0 Å². The molecule has 0 aliphatic heterocycles. The highest BCUT2D eigenvalue weighted by Gasteiger charge is 2.04. The Kier molecular flexibility index (Phi) is 3.70. The number of benzene rings is 2. The van der Waals surface area contributed by atoms with E-state index in [4.69, 9.17) is 0 Å². The van der Waals surface area contributed by atoms with Crippen molar-refractivity contribution in [1.82, 2.24) is 15.3 Å². The van der Waals surface area contributed by atoms with Crippen LogP contribution in [0.5, 0.6) is 0 Å². The Balaban J connectivity index is 1.70. The molecule has 2 aromatic carbocycles. The van der Waals surface area contributed by atoms with E-state index >= 15 is 0 Å². The van der Waals surface area contributed by atoms with Crippen molar-refractivity contribution in [3.8, 4) is 0 Å². The van der Waals surface area contributed by atoms with E-state index in [-0.39, 0.29) is 0 Å². The highest BCUT2D eigenvalue weighted by Crippen LogP contribution is 2.14. The molecular formula is C17H17N3. The van der Waals surface area contributed by atoms with Gasteiger partial charge in [-0.15, -0.1) is 0 Å². The molecule has 0 aliphatic carbocycles. The van der Waals surface area contributed by atoms with Crippen LogP contribution in [0.15, 0.2) is 60.9 Å². The lowest BCUT2D eigenvalue weighted by molar-refractivity contribution is 0.575. The maximum absolute atomic E-state index is 4.34. The fourth-order valence-corrected chi connectivity index (χ4v) is 2.25. The largest absolute Gasteiger partial charge is 0.306 e. The van der Waals surface area contributed by atoms with Crippen LogP contribution in [0.1, 0.15) is 24.1 Å². The lowest BCUT2D eigenvalue weighted by Crippen LogP contribution is -2.17. The van der Waals surface area contributed by atoms with Gasteiger partial charge in [0.1, 0.15) is 0 Å². The molecule has 3 nitrogen and oxygen atoms in total. The summed E-state index contributed by atoms with van der Waals surface area (Å²) in [7, 11) is 0. The smallest absolute Gasteiger partial charge is 0.0890 e. The second kappa shape index (κ2) is 5.80. The van der Waals surface area contributed by atoms with Gasteiger partial charge in [-0.2, -0.15) is 0 Å². The van der Waals surface area contributed by atoms with E-state index in [0.717, 1.165) is 17.6 Å². The zero-order chi connectivity index (χ0) is 13.8. The summed E-state index contributed by atoms with van der Waals surface area (Å²) in [5.41, 5.74) is 4.40. The molecule has 0 saturated carbocycles. The molecule has 1 aromatic heterocycles. The first-order valence-corrected chi connectivity index (χ1v) is 6.81. The Bertz CT molecular complexity index is 695. The molecule has 0 saturated heterocycles. The van der Waals surface area contributed by atoms with Crippen LogP contribution in [0, 0.1) is 0 Å². The van der Waals surface area contributed by atoms with Gasteiger partial charge in [0.15, 0.2) is 0 Å². The maximum atomic E-state index is 4.34. The fourth-order valence-electron chi connectivity index (χ4n) is 2.25. The molecule has 20 heavy (non-hydrogen) atoms. The summed E-state index contributed by atoms with van der Waals surface area (Å²) < 4.78 is 0. The van der Waals surface area contributed by atoms with Gasteiger partial charge in [0.05, 0.1) is 11.0 Å².